The van der Waals surface area contributed by atoms with E-state index < -0.39 is 11.8 Å². The Kier molecular flexibility index (Phi) is 8.08. The highest BCUT2D eigenvalue weighted by molar-refractivity contribution is 6.39. The van der Waals surface area contributed by atoms with Gasteiger partial charge in [0.2, 0.25) is 0 Å². The molecule has 0 aliphatic carbocycles. The highest BCUT2D eigenvalue weighted by atomic mass is 16.5. The molecule has 172 valence electrons. The lowest BCUT2D eigenvalue weighted by atomic mass is 10.0. The molecule has 32 heavy (non-hydrogen) atoms. The van der Waals surface area contributed by atoms with Crippen molar-refractivity contribution in [1.82, 2.24) is 15.1 Å². The first-order valence-corrected chi connectivity index (χ1v) is 10.8. The molecule has 0 saturated carbocycles. The van der Waals surface area contributed by atoms with Crippen molar-refractivity contribution in [3.63, 3.8) is 0 Å². The molecule has 2 aromatic carbocycles. The molecule has 2 amide bonds. The van der Waals surface area contributed by atoms with Gasteiger partial charge in [0.05, 0.1) is 13.2 Å². The van der Waals surface area contributed by atoms with Crippen molar-refractivity contribution < 1.29 is 14.3 Å². The number of rotatable bonds is 7. The van der Waals surface area contributed by atoms with E-state index in [0.29, 0.717) is 18.0 Å². The quantitative estimate of drug-likeness (QED) is 0.641. The fourth-order valence-corrected chi connectivity index (χ4v) is 3.72. The summed E-state index contributed by atoms with van der Waals surface area (Å²) < 4.78 is 5.11. The van der Waals surface area contributed by atoms with Crippen LogP contribution in [0.5, 0.6) is 5.75 Å². The van der Waals surface area contributed by atoms with Gasteiger partial charge in [-0.15, -0.1) is 0 Å². The number of hydrogen-bond donors (Lipinski definition) is 2. The summed E-state index contributed by atoms with van der Waals surface area (Å²) in [4.78, 5) is 31.6. The second-order valence-corrected chi connectivity index (χ2v) is 8.23. The first-order valence-electron chi connectivity index (χ1n) is 10.8. The molecule has 2 N–H and O–H groups in total. The van der Waals surface area contributed by atoms with Gasteiger partial charge >= 0.3 is 11.8 Å². The number of methoxy groups -OCH3 is 1. The zero-order valence-corrected chi connectivity index (χ0v) is 19.3. The number of piperazine rings is 1. The molecule has 0 radical (unpaired) electrons. The summed E-state index contributed by atoms with van der Waals surface area (Å²) in [6, 6.07) is 15.2. The number of hydrogen-bond acceptors (Lipinski definition) is 6. The number of carbonyl (C=O) groups excluding carboxylic acids is 2. The Bertz CT molecular complexity index is 891. The maximum atomic E-state index is 12.5. The van der Waals surface area contributed by atoms with Crippen LogP contribution in [0.25, 0.3) is 0 Å². The fourth-order valence-electron chi connectivity index (χ4n) is 3.72. The second kappa shape index (κ2) is 11.0. The van der Waals surface area contributed by atoms with Crippen molar-refractivity contribution in [2.24, 2.45) is 0 Å². The van der Waals surface area contributed by atoms with Crippen molar-refractivity contribution in [1.29, 1.82) is 0 Å². The number of carbonyl (C=O) groups is 2. The summed E-state index contributed by atoms with van der Waals surface area (Å²) in [5, 5.41) is 5.46. The molecule has 1 atom stereocenters. The summed E-state index contributed by atoms with van der Waals surface area (Å²) in [6.45, 7) is 4.12. The predicted molar refractivity (Wildman–Crippen MR) is 127 cm³/mol. The highest BCUT2D eigenvalue weighted by Gasteiger charge is 2.25. The van der Waals surface area contributed by atoms with E-state index in [2.05, 4.69) is 56.6 Å². The molecule has 1 aliphatic heterocycles. The van der Waals surface area contributed by atoms with Gasteiger partial charge in [-0.05, 0) is 49.0 Å². The third-order valence-corrected chi connectivity index (χ3v) is 5.78. The Balaban J connectivity index is 1.65. The molecule has 8 nitrogen and oxygen atoms in total. The number of benzene rings is 2. The van der Waals surface area contributed by atoms with Crippen LogP contribution >= 0.6 is 0 Å². The zero-order chi connectivity index (χ0) is 23.1. The lowest BCUT2D eigenvalue weighted by molar-refractivity contribution is -0.136. The minimum absolute atomic E-state index is 0.00218. The summed E-state index contributed by atoms with van der Waals surface area (Å²) in [7, 11) is 7.71. The average Bonchev–Trinajstić information content (AvgIpc) is 2.81. The summed E-state index contributed by atoms with van der Waals surface area (Å²) in [5.74, 6) is -0.650. The van der Waals surface area contributed by atoms with Crippen LogP contribution in [0, 0.1) is 0 Å². The third kappa shape index (κ3) is 6.21. The van der Waals surface area contributed by atoms with Gasteiger partial charge in [-0.2, -0.15) is 0 Å². The Morgan fingerprint density at radius 1 is 0.969 bits per heavy atom. The molecule has 2 aromatic rings. The smallest absolute Gasteiger partial charge is 0.313 e. The highest BCUT2D eigenvalue weighted by Crippen LogP contribution is 2.24. The van der Waals surface area contributed by atoms with Gasteiger partial charge in [-0.25, -0.2) is 0 Å². The van der Waals surface area contributed by atoms with Crippen molar-refractivity contribution >= 4 is 23.2 Å². The average molecular weight is 440 g/mol. The lowest BCUT2D eigenvalue weighted by Crippen LogP contribution is -2.49. The molecule has 0 bridgehead atoms. The van der Waals surface area contributed by atoms with Crippen LogP contribution in [0.15, 0.2) is 48.5 Å². The molecule has 1 heterocycles. The van der Waals surface area contributed by atoms with E-state index in [-0.39, 0.29) is 6.04 Å². The standard InChI is InChI=1S/C24H33N5O3/c1-27(2)20-9-5-18(6-10-20)22(29-15-13-28(3)14-16-29)17-25-23(30)24(31)26-19-7-11-21(32-4)12-8-19/h5-12,22H,13-17H2,1-4H3,(H,25,30)(H,26,31)/t22-/m1/s1. The van der Waals surface area contributed by atoms with Crippen LogP contribution in [0.4, 0.5) is 11.4 Å². The Morgan fingerprint density at radius 2 is 1.59 bits per heavy atom. The largest absolute Gasteiger partial charge is 0.497 e. The monoisotopic (exact) mass is 439 g/mol. The predicted octanol–water partition coefficient (Wildman–Crippen LogP) is 1.80. The van der Waals surface area contributed by atoms with Crippen LogP contribution in [0.1, 0.15) is 11.6 Å². The van der Waals surface area contributed by atoms with Crippen molar-refractivity contribution in [2.45, 2.75) is 6.04 Å². The minimum Gasteiger partial charge on any atom is -0.497 e. The minimum atomic E-state index is -0.685. The van der Waals surface area contributed by atoms with Crippen molar-refractivity contribution in [3.05, 3.63) is 54.1 Å². The van der Waals surface area contributed by atoms with Crippen LogP contribution in [0.2, 0.25) is 0 Å². The van der Waals surface area contributed by atoms with Gasteiger partial charge < -0.3 is 25.2 Å². The summed E-state index contributed by atoms with van der Waals surface area (Å²) >= 11 is 0. The van der Waals surface area contributed by atoms with E-state index in [1.807, 2.05) is 14.1 Å². The van der Waals surface area contributed by atoms with Crippen LogP contribution in [-0.4, -0.2) is 82.6 Å². The van der Waals surface area contributed by atoms with Gasteiger partial charge in [0.15, 0.2) is 0 Å². The van der Waals surface area contributed by atoms with E-state index in [1.54, 1.807) is 31.4 Å². The molecule has 1 fully saturated rings. The molecule has 8 heteroatoms. The van der Waals surface area contributed by atoms with Gasteiger partial charge in [-0.3, -0.25) is 14.5 Å². The van der Waals surface area contributed by atoms with Gasteiger partial charge in [0, 0.05) is 58.2 Å². The number of nitrogens with one attached hydrogen (secondary N) is 2. The van der Waals surface area contributed by atoms with Crippen LogP contribution in [-0.2, 0) is 9.59 Å². The van der Waals surface area contributed by atoms with Crippen LogP contribution in [0.3, 0.4) is 0 Å². The van der Waals surface area contributed by atoms with Crippen molar-refractivity contribution in [2.75, 3.05) is 71.2 Å². The molecular formula is C24H33N5O3. The first kappa shape index (κ1) is 23.6. The molecule has 1 saturated heterocycles. The number of amides is 2. The molecule has 0 aromatic heterocycles. The lowest BCUT2D eigenvalue weighted by Gasteiger charge is -2.38. The number of likely N-dealkylation sites (N-methyl/N-ethyl adjacent to an activating group) is 1. The van der Waals surface area contributed by atoms with E-state index in [4.69, 9.17) is 4.74 Å². The van der Waals surface area contributed by atoms with Gasteiger partial charge in [-0.1, -0.05) is 12.1 Å². The van der Waals surface area contributed by atoms with E-state index >= 15 is 0 Å². The number of anilines is 2. The Labute approximate surface area is 190 Å². The third-order valence-electron chi connectivity index (χ3n) is 5.78. The zero-order valence-electron chi connectivity index (χ0n) is 19.3. The van der Waals surface area contributed by atoms with Crippen LogP contribution < -0.4 is 20.3 Å². The maximum absolute atomic E-state index is 12.5. The molecule has 0 unspecified atom stereocenters. The fraction of sp³-hybridized carbons (Fsp3) is 0.417. The summed E-state index contributed by atoms with van der Waals surface area (Å²) in [6.07, 6.45) is 0. The normalized spacial score (nSPS) is 15.6. The van der Waals surface area contributed by atoms with Crippen molar-refractivity contribution in [3.8, 4) is 5.75 Å². The first-order chi connectivity index (χ1) is 15.4. The Morgan fingerprint density at radius 3 is 2.16 bits per heavy atom. The topological polar surface area (TPSA) is 77.1 Å². The van der Waals surface area contributed by atoms with Gasteiger partial charge in [0.1, 0.15) is 5.75 Å². The van der Waals surface area contributed by atoms with E-state index in [9.17, 15) is 9.59 Å². The molecular weight excluding hydrogens is 406 g/mol. The number of ether oxygens (including phenoxy) is 1. The van der Waals surface area contributed by atoms with E-state index in [0.717, 1.165) is 37.4 Å². The van der Waals surface area contributed by atoms with Gasteiger partial charge in [0.25, 0.3) is 0 Å². The Hall–Kier alpha value is -3.10. The number of nitrogens with zero attached hydrogens (tertiary/aromatic N) is 3. The molecule has 0 spiro atoms. The summed E-state index contributed by atoms with van der Waals surface area (Å²) in [5.41, 5.74) is 2.78. The maximum Gasteiger partial charge on any atom is 0.313 e. The van der Waals surface area contributed by atoms with E-state index in [1.165, 1.54) is 0 Å². The molecule has 1 aliphatic rings. The SMILES string of the molecule is COc1ccc(NC(=O)C(=O)NC[C@H](c2ccc(N(C)C)cc2)N2CCN(C)CC2)cc1. The second-order valence-electron chi connectivity index (χ2n) is 8.23. The molecule has 3 rings (SSSR count).